The third-order valence-corrected chi connectivity index (χ3v) is 5.98. The predicted octanol–water partition coefficient (Wildman–Crippen LogP) is 5.20. The Bertz CT molecular complexity index is 1240. The molecule has 0 N–H and O–H groups in total. The lowest BCUT2D eigenvalue weighted by Crippen LogP contribution is -2.38. The highest BCUT2D eigenvalue weighted by Gasteiger charge is 2.32. The van der Waals surface area contributed by atoms with Gasteiger partial charge in [-0.3, -0.25) is 9.69 Å². The minimum Gasteiger partial charge on any atom is -0.449 e. The molecule has 1 aromatic heterocycles. The van der Waals surface area contributed by atoms with Crippen LogP contribution in [0.15, 0.2) is 87.3 Å². The van der Waals surface area contributed by atoms with E-state index in [2.05, 4.69) is 4.98 Å². The van der Waals surface area contributed by atoms with E-state index in [1.54, 1.807) is 41.8 Å². The number of anilines is 2. The largest absolute Gasteiger partial charge is 0.449 e. The SMILES string of the molecule is CC(OC(=O)c1ccc2ncoc2c1)C(=O)N1c2ccccc2Sc2ccccc21. The van der Waals surface area contributed by atoms with Gasteiger partial charge in [0.05, 0.1) is 16.9 Å². The van der Waals surface area contributed by atoms with E-state index in [9.17, 15) is 9.59 Å². The summed E-state index contributed by atoms with van der Waals surface area (Å²) in [6.07, 6.45) is 0.335. The first kappa shape index (κ1) is 18.4. The zero-order valence-corrected chi connectivity index (χ0v) is 16.8. The van der Waals surface area contributed by atoms with Gasteiger partial charge in [-0.25, -0.2) is 9.78 Å². The predicted molar refractivity (Wildman–Crippen MR) is 113 cm³/mol. The fraction of sp³-hybridized carbons (Fsp3) is 0.0870. The molecule has 6 nitrogen and oxygen atoms in total. The number of hydrogen-bond acceptors (Lipinski definition) is 6. The first-order valence-electron chi connectivity index (χ1n) is 9.36. The van der Waals surface area contributed by atoms with Crippen LogP contribution >= 0.6 is 11.8 Å². The van der Waals surface area contributed by atoms with Gasteiger partial charge in [0.15, 0.2) is 18.1 Å². The van der Waals surface area contributed by atoms with Gasteiger partial charge in [-0.2, -0.15) is 0 Å². The Morgan fingerprint density at radius 3 is 2.37 bits per heavy atom. The Kier molecular flexibility index (Phi) is 4.52. The van der Waals surface area contributed by atoms with Crippen LogP contribution in [0.2, 0.25) is 0 Å². The van der Waals surface area contributed by atoms with Gasteiger partial charge >= 0.3 is 5.97 Å². The second-order valence-electron chi connectivity index (χ2n) is 6.79. The van der Waals surface area contributed by atoms with Crippen LogP contribution in [0.1, 0.15) is 17.3 Å². The molecule has 5 rings (SSSR count). The fourth-order valence-electron chi connectivity index (χ4n) is 3.38. The molecule has 2 heterocycles. The van der Waals surface area contributed by atoms with Crippen molar-refractivity contribution in [3.8, 4) is 0 Å². The van der Waals surface area contributed by atoms with Crippen molar-refractivity contribution in [3.63, 3.8) is 0 Å². The van der Waals surface area contributed by atoms with Crippen molar-refractivity contribution in [3.05, 3.63) is 78.7 Å². The highest BCUT2D eigenvalue weighted by atomic mass is 32.2. The summed E-state index contributed by atoms with van der Waals surface area (Å²) in [5, 5.41) is 0. The van der Waals surface area contributed by atoms with Gasteiger partial charge in [0.1, 0.15) is 5.52 Å². The average Bonchev–Trinajstić information content (AvgIpc) is 3.24. The van der Waals surface area contributed by atoms with Crippen LogP contribution < -0.4 is 4.90 Å². The number of oxazole rings is 1. The van der Waals surface area contributed by atoms with Crippen LogP contribution in [-0.2, 0) is 9.53 Å². The summed E-state index contributed by atoms with van der Waals surface area (Å²) < 4.78 is 10.7. The van der Waals surface area contributed by atoms with Gasteiger partial charge in [-0.15, -0.1) is 0 Å². The maximum Gasteiger partial charge on any atom is 0.339 e. The second kappa shape index (κ2) is 7.35. The van der Waals surface area contributed by atoms with Gasteiger partial charge < -0.3 is 9.15 Å². The molecule has 0 bridgehead atoms. The first-order chi connectivity index (χ1) is 14.6. The third-order valence-electron chi connectivity index (χ3n) is 4.85. The minimum absolute atomic E-state index is 0.300. The monoisotopic (exact) mass is 416 g/mol. The molecule has 1 amide bonds. The number of aromatic nitrogens is 1. The van der Waals surface area contributed by atoms with Crippen LogP contribution in [0.5, 0.6) is 0 Å². The third kappa shape index (κ3) is 3.13. The normalized spacial score (nSPS) is 13.4. The van der Waals surface area contributed by atoms with Crippen molar-refractivity contribution >= 4 is 46.1 Å². The topological polar surface area (TPSA) is 72.6 Å². The Labute approximate surface area is 176 Å². The summed E-state index contributed by atoms with van der Waals surface area (Å²) in [5.41, 5.74) is 2.98. The molecule has 0 aliphatic carbocycles. The van der Waals surface area contributed by atoms with Crippen LogP contribution in [-0.4, -0.2) is 23.0 Å². The van der Waals surface area contributed by atoms with Crippen LogP contribution in [0, 0.1) is 0 Å². The summed E-state index contributed by atoms with van der Waals surface area (Å²) in [6.45, 7) is 1.58. The standard InChI is InChI=1S/C23H16N2O4S/c1-14(29-23(27)15-10-11-16-19(12-15)28-13-24-16)22(26)25-17-6-2-4-8-20(17)30-21-9-5-3-7-18(21)25/h2-14H,1H3. The van der Waals surface area contributed by atoms with Gasteiger partial charge in [-0.05, 0) is 49.4 Å². The Hall–Kier alpha value is -3.58. The number of rotatable bonds is 3. The first-order valence-corrected chi connectivity index (χ1v) is 10.2. The molecule has 3 aromatic carbocycles. The highest BCUT2D eigenvalue weighted by Crippen LogP contribution is 2.48. The number of amides is 1. The zero-order valence-electron chi connectivity index (χ0n) is 15.9. The lowest BCUT2D eigenvalue weighted by atomic mass is 10.2. The highest BCUT2D eigenvalue weighted by molar-refractivity contribution is 7.99. The molecule has 1 aliphatic rings. The van der Waals surface area contributed by atoms with Gasteiger partial charge in [0, 0.05) is 9.79 Å². The molecule has 1 unspecified atom stereocenters. The van der Waals surface area contributed by atoms with Crippen LogP contribution in [0.3, 0.4) is 0 Å². The van der Waals surface area contributed by atoms with E-state index in [0.717, 1.165) is 21.2 Å². The van der Waals surface area contributed by atoms with E-state index < -0.39 is 12.1 Å². The summed E-state index contributed by atoms with van der Waals surface area (Å²) >= 11 is 1.61. The minimum atomic E-state index is -0.980. The van der Waals surface area contributed by atoms with Crippen molar-refractivity contribution in [1.29, 1.82) is 0 Å². The Morgan fingerprint density at radius 1 is 1.00 bits per heavy atom. The number of esters is 1. The van der Waals surface area contributed by atoms with E-state index in [1.807, 2.05) is 48.5 Å². The number of carbonyl (C=O) groups is 2. The molecule has 7 heteroatoms. The number of para-hydroxylation sites is 2. The Balaban J connectivity index is 1.43. The molecule has 148 valence electrons. The van der Waals surface area contributed by atoms with E-state index in [-0.39, 0.29) is 5.91 Å². The van der Waals surface area contributed by atoms with Crippen molar-refractivity contribution in [2.45, 2.75) is 22.8 Å². The maximum atomic E-state index is 13.4. The number of ether oxygens (including phenoxy) is 1. The molecule has 0 saturated carbocycles. The smallest absolute Gasteiger partial charge is 0.339 e. The fourth-order valence-corrected chi connectivity index (χ4v) is 4.44. The van der Waals surface area contributed by atoms with Crippen molar-refractivity contribution in [2.24, 2.45) is 0 Å². The number of carbonyl (C=O) groups excluding carboxylic acids is 2. The van der Waals surface area contributed by atoms with Gasteiger partial charge in [-0.1, -0.05) is 36.0 Å². The molecule has 0 radical (unpaired) electrons. The molecule has 4 aromatic rings. The van der Waals surface area contributed by atoms with Gasteiger partial charge in [0.2, 0.25) is 0 Å². The Morgan fingerprint density at radius 2 is 1.67 bits per heavy atom. The molecular formula is C23H16N2O4S. The van der Waals surface area contributed by atoms with Crippen molar-refractivity contribution < 1.29 is 18.7 Å². The molecular weight excluding hydrogens is 400 g/mol. The molecule has 0 spiro atoms. The second-order valence-corrected chi connectivity index (χ2v) is 7.88. The lowest BCUT2D eigenvalue weighted by molar-refractivity contribution is -0.125. The van der Waals surface area contributed by atoms with E-state index in [4.69, 9.17) is 9.15 Å². The molecule has 0 saturated heterocycles. The maximum absolute atomic E-state index is 13.4. The van der Waals surface area contributed by atoms with E-state index >= 15 is 0 Å². The van der Waals surface area contributed by atoms with E-state index in [1.165, 1.54) is 6.39 Å². The van der Waals surface area contributed by atoms with Gasteiger partial charge in [0.25, 0.3) is 5.91 Å². The molecule has 0 fully saturated rings. The number of nitrogens with zero attached hydrogens (tertiary/aromatic N) is 2. The van der Waals surface area contributed by atoms with Crippen molar-refractivity contribution in [2.75, 3.05) is 4.90 Å². The summed E-state index contributed by atoms with van der Waals surface area (Å²) in [7, 11) is 0. The molecule has 30 heavy (non-hydrogen) atoms. The molecule has 1 atom stereocenters. The quantitative estimate of drug-likeness (QED) is 0.427. The number of benzene rings is 3. The lowest BCUT2D eigenvalue weighted by Gasteiger charge is -2.32. The zero-order chi connectivity index (χ0) is 20.7. The van der Waals surface area contributed by atoms with Crippen molar-refractivity contribution in [1.82, 2.24) is 4.98 Å². The molecule has 1 aliphatic heterocycles. The van der Waals surface area contributed by atoms with E-state index in [0.29, 0.717) is 16.7 Å². The number of hydrogen-bond donors (Lipinski definition) is 0. The number of fused-ring (bicyclic) bond motifs is 3. The summed E-state index contributed by atoms with van der Waals surface area (Å²) in [5.74, 6) is -0.911. The van der Waals surface area contributed by atoms with Crippen LogP contribution in [0.25, 0.3) is 11.1 Å². The van der Waals surface area contributed by atoms with Crippen LogP contribution in [0.4, 0.5) is 11.4 Å². The average molecular weight is 416 g/mol. The summed E-state index contributed by atoms with van der Waals surface area (Å²) in [6, 6.07) is 20.2. The summed E-state index contributed by atoms with van der Waals surface area (Å²) in [4.78, 5) is 33.6.